The van der Waals surface area contributed by atoms with Gasteiger partial charge in [0.2, 0.25) is 5.82 Å². The van der Waals surface area contributed by atoms with Gasteiger partial charge in [0.05, 0.1) is 11.4 Å². The number of likely N-dealkylation sites (tertiary alicyclic amines) is 1. The molecule has 4 nitrogen and oxygen atoms in total. The normalized spacial score (nSPS) is 20.9. The molecule has 2 aromatic heterocycles. The van der Waals surface area contributed by atoms with Crippen LogP contribution in [0.4, 0.5) is 0 Å². The van der Waals surface area contributed by atoms with E-state index >= 15 is 0 Å². The van der Waals surface area contributed by atoms with Crippen LogP contribution in [-0.2, 0) is 6.54 Å². The molecule has 2 atom stereocenters. The van der Waals surface area contributed by atoms with E-state index in [1.165, 1.54) is 22.6 Å². The zero-order valence-corrected chi connectivity index (χ0v) is 14.1. The fourth-order valence-corrected chi connectivity index (χ4v) is 4.24. The van der Waals surface area contributed by atoms with Crippen LogP contribution in [0.15, 0.2) is 46.3 Å². The van der Waals surface area contributed by atoms with E-state index in [1.54, 1.807) is 0 Å². The minimum atomic E-state index is 0.556. The maximum Gasteiger partial charge on any atom is 0.282 e. The zero-order valence-electron chi connectivity index (χ0n) is 12.5. The third-order valence-electron chi connectivity index (χ3n) is 4.32. The minimum absolute atomic E-state index is 0.556. The highest BCUT2D eigenvalue weighted by Crippen LogP contribution is 2.24. The third-order valence-corrected chi connectivity index (χ3v) is 5.56. The molecule has 3 heterocycles. The number of benzene rings is 1. The lowest BCUT2D eigenvalue weighted by molar-refractivity contribution is -0.932. The lowest BCUT2D eigenvalue weighted by atomic mass is 10.2. The second kappa shape index (κ2) is 6.43. The second-order valence-electron chi connectivity index (χ2n) is 5.81. The van der Waals surface area contributed by atoms with E-state index in [0.29, 0.717) is 22.8 Å². The molecule has 1 aliphatic rings. The van der Waals surface area contributed by atoms with Gasteiger partial charge in [-0.3, -0.25) is 0 Å². The van der Waals surface area contributed by atoms with Crippen molar-refractivity contribution < 1.29 is 9.42 Å². The molecule has 0 saturated carbocycles. The van der Waals surface area contributed by atoms with Gasteiger partial charge >= 0.3 is 0 Å². The van der Waals surface area contributed by atoms with Crippen molar-refractivity contribution in [3.63, 3.8) is 0 Å². The van der Waals surface area contributed by atoms with Crippen molar-refractivity contribution in [3.05, 3.63) is 57.6 Å². The predicted molar refractivity (Wildman–Crippen MR) is 90.6 cm³/mol. The summed E-state index contributed by atoms with van der Waals surface area (Å²) in [5, 5.41) is 6.96. The van der Waals surface area contributed by atoms with Gasteiger partial charge in [0.15, 0.2) is 6.54 Å². The Hall–Kier alpha value is -1.69. The van der Waals surface area contributed by atoms with Crippen LogP contribution >= 0.6 is 22.9 Å². The Kier molecular flexibility index (Phi) is 4.16. The van der Waals surface area contributed by atoms with Crippen LogP contribution in [-0.4, -0.2) is 16.7 Å². The summed E-state index contributed by atoms with van der Waals surface area (Å²) in [6.07, 6.45) is 2.48. The fraction of sp³-hybridized carbons (Fsp3) is 0.294. The molecule has 1 saturated heterocycles. The molecule has 3 aromatic rings. The number of quaternary nitrogens is 1. The van der Waals surface area contributed by atoms with E-state index in [-0.39, 0.29) is 0 Å². The SMILES string of the molecule is Clc1ccc(-c2noc(C[NH+]3CCC[C@@H]3c3cccs3)n2)cc1. The smallest absolute Gasteiger partial charge is 0.282 e. The van der Waals surface area contributed by atoms with E-state index in [9.17, 15) is 0 Å². The van der Waals surface area contributed by atoms with Crippen LogP contribution in [0.25, 0.3) is 11.4 Å². The van der Waals surface area contributed by atoms with Crippen molar-refractivity contribution >= 4 is 22.9 Å². The van der Waals surface area contributed by atoms with Gasteiger partial charge in [-0.05, 0) is 35.7 Å². The number of nitrogens with one attached hydrogen (secondary N) is 1. The quantitative estimate of drug-likeness (QED) is 0.787. The van der Waals surface area contributed by atoms with Crippen LogP contribution in [0.2, 0.25) is 5.02 Å². The Morgan fingerprint density at radius 2 is 2.13 bits per heavy atom. The molecule has 0 aliphatic carbocycles. The van der Waals surface area contributed by atoms with Crippen molar-refractivity contribution in [2.24, 2.45) is 0 Å². The van der Waals surface area contributed by atoms with Crippen molar-refractivity contribution in [2.45, 2.75) is 25.4 Å². The highest BCUT2D eigenvalue weighted by Gasteiger charge is 2.32. The van der Waals surface area contributed by atoms with Crippen LogP contribution in [0, 0.1) is 0 Å². The molecule has 1 aromatic carbocycles. The van der Waals surface area contributed by atoms with Gasteiger partial charge in [0, 0.05) is 23.4 Å². The molecule has 0 radical (unpaired) electrons. The topological polar surface area (TPSA) is 43.4 Å². The van der Waals surface area contributed by atoms with Gasteiger partial charge in [-0.2, -0.15) is 4.98 Å². The van der Waals surface area contributed by atoms with Crippen LogP contribution in [0.1, 0.15) is 29.7 Å². The first-order chi connectivity index (χ1) is 11.3. The second-order valence-corrected chi connectivity index (χ2v) is 7.23. The first-order valence-electron chi connectivity index (χ1n) is 7.76. The molecule has 118 valence electrons. The maximum absolute atomic E-state index is 5.92. The number of nitrogens with zero attached hydrogens (tertiary/aromatic N) is 2. The first kappa shape index (κ1) is 14.9. The molecule has 0 bridgehead atoms. The Labute approximate surface area is 143 Å². The van der Waals surface area contributed by atoms with E-state index in [1.807, 2.05) is 35.6 Å². The molecular weight excluding hydrogens is 330 g/mol. The molecule has 1 N–H and O–H groups in total. The average molecular weight is 347 g/mol. The summed E-state index contributed by atoms with van der Waals surface area (Å²) in [6, 6.07) is 12.4. The van der Waals surface area contributed by atoms with Crippen molar-refractivity contribution in [1.29, 1.82) is 0 Å². The predicted octanol–water partition coefficient (Wildman–Crippen LogP) is 3.37. The van der Waals surface area contributed by atoms with Gasteiger partial charge in [-0.1, -0.05) is 22.8 Å². The largest absolute Gasteiger partial charge is 0.333 e. The van der Waals surface area contributed by atoms with Crippen molar-refractivity contribution in [1.82, 2.24) is 10.1 Å². The Balaban J connectivity index is 1.50. The van der Waals surface area contributed by atoms with Gasteiger partial charge in [-0.15, -0.1) is 11.3 Å². The maximum atomic E-state index is 5.92. The van der Waals surface area contributed by atoms with Gasteiger partial charge in [-0.25, -0.2) is 0 Å². The van der Waals surface area contributed by atoms with Gasteiger partial charge in [0.25, 0.3) is 5.89 Å². The summed E-state index contributed by atoms with van der Waals surface area (Å²) in [7, 11) is 0. The monoisotopic (exact) mass is 346 g/mol. The number of aromatic nitrogens is 2. The highest BCUT2D eigenvalue weighted by molar-refractivity contribution is 7.10. The summed E-state index contributed by atoms with van der Waals surface area (Å²) in [6.45, 7) is 1.93. The molecule has 0 spiro atoms. The summed E-state index contributed by atoms with van der Waals surface area (Å²) in [5.74, 6) is 1.33. The lowest BCUT2D eigenvalue weighted by Crippen LogP contribution is -3.08. The summed E-state index contributed by atoms with van der Waals surface area (Å²) >= 11 is 7.75. The Morgan fingerprint density at radius 3 is 2.91 bits per heavy atom. The summed E-state index contributed by atoms with van der Waals surface area (Å²) in [4.78, 5) is 7.52. The molecule has 4 rings (SSSR count). The van der Waals surface area contributed by atoms with Gasteiger partial charge < -0.3 is 9.42 Å². The Bertz CT molecular complexity index is 770. The molecule has 6 heteroatoms. The Morgan fingerprint density at radius 1 is 1.26 bits per heavy atom. The molecule has 0 amide bonds. The summed E-state index contributed by atoms with van der Waals surface area (Å²) < 4.78 is 5.47. The number of rotatable bonds is 4. The highest BCUT2D eigenvalue weighted by atomic mass is 35.5. The van der Waals surface area contributed by atoms with Crippen molar-refractivity contribution in [3.8, 4) is 11.4 Å². The number of hydrogen-bond acceptors (Lipinski definition) is 4. The first-order valence-corrected chi connectivity index (χ1v) is 9.02. The van der Waals surface area contributed by atoms with Crippen LogP contribution in [0.5, 0.6) is 0 Å². The molecule has 1 aliphatic heterocycles. The lowest BCUT2D eigenvalue weighted by Gasteiger charge is -2.18. The number of halogens is 1. The zero-order chi connectivity index (χ0) is 15.6. The molecule has 23 heavy (non-hydrogen) atoms. The van der Waals surface area contributed by atoms with E-state index in [4.69, 9.17) is 16.1 Å². The van der Waals surface area contributed by atoms with Crippen LogP contribution < -0.4 is 4.90 Å². The number of thiophene rings is 1. The van der Waals surface area contributed by atoms with E-state index in [2.05, 4.69) is 27.7 Å². The average Bonchev–Trinajstić information content (AvgIpc) is 3.29. The van der Waals surface area contributed by atoms with E-state index in [0.717, 1.165) is 18.7 Å². The number of hydrogen-bond donors (Lipinski definition) is 1. The summed E-state index contributed by atoms with van der Waals surface area (Å²) in [5.41, 5.74) is 0.927. The molecule has 1 unspecified atom stereocenters. The van der Waals surface area contributed by atoms with Gasteiger partial charge in [0.1, 0.15) is 6.04 Å². The minimum Gasteiger partial charge on any atom is -0.333 e. The molecule has 1 fully saturated rings. The molecular formula is C17H17ClN3OS+. The van der Waals surface area contributed by atoms with Crippen LogP contribution in [0.3, 0.4) is 0 Å². The van der Waals surface area contributed by atoms with E-state index < -0.39 is 0 Å². The fourth-order valence-electron chi connectivity index (χ4n) is 3.19. The third kappa shape index (κ3) is 3.17. The standard InChI is InChI=1S/C17H16ClN3OS/c18-13-7-5-12(6-8-13)17-19-16(22-20-17)11-21-9-1-3-14(21)15-4-2-10-23-15/h2,4-8,10,14H,1,3,9,11H2/p+1/t14-/m1/s1. The van der Waals surface area contributed by atoms with Crippen molar-refractivity contribution in [2.75, 3.05) is 6.54 Å².